The Morgan fingerprint density at radius 1 is 1.17 bits per heavy atom. The number of amides is 1. The average molecular weight is 442 g/mol. The molecule has 3 aromatic rings. The third kappa shape index (κ3) is 3.55. The number of anilines is 1. The number of rotatable bonds is 4. The Balaban J connectivity index is 1.77. The highest BCUT2D eigenvalue weighted by molar-refractivity contribution is 8.01. The third-order valence-electron chi connectivity index (χ3n) is 4.24. The lowest BCUT2D eigenvalue weighted by atomic mass is 10.2. The summed E-state index contributed by atoms with van der Waals surface area (Å²) in [5.41, 5.74) is -0.295. The minimum absolute atomic E-state index is 0.0907. The number of hydrogen-bond acceptors (Lipinski definition) is 5. The number of carbonyl (C=O) groups is 2. The zero-order valence-corrected chi connectivity index (χ0v) is 15.9. The van der Waals surface area contributed by atoms with Gasteiger partial charge in [-0.2, -0.15) is 0 Å². The van der Waals surface area contributed by atoms with Crippen LogP contribution < -0.4 is 4.90 Å². The van der Waals surface area contributed by atoms with Crippen LogP contribution in [0.15, 0.2) is 29.2 Å². The Hall–Kier alpha value is -2.66. The first-order valence-corrected chi connectivity index (χ1v) is 9.86. The molecule has 1 N–H and O–H groups in total. The van der Waals surface area contributed by atoms with Crippen LogP contribution in [0.3, 0.4) is 0 Å². The Bertz CT molecular complexity index is 1170. The number of carboxylic acids is 1. The predicted molar refractivity (Wildman–Crippen MR) is 99.0 cm³/mol. The summed E-state index contributed by atoms with van der Waals surface area (Å²) in [6, 6.07) is 4.14. The van der Waals surface area contributed by atoms with E-state index in [0.717, 1.165) is 34.1 Å². The second-order valence-electron chi connectivity index (χ2n) is 6.18. The summed E-state index contributed by atoms with van der Waals surface area (Å²) in [5.74, 6) is -6.06. The van der Waals surface area contributed by atoms with Crippen molar-refractivity contribution >= 4 is 50.9 Å². The zero-order valence-electron chi connectivity index (χ0n) is 14.3. The van der Waals surface area contributed by atoms with Crippen LogP contribution in [-0.4, -0.2) is 27.2 Å². The molecule has 150 valence electrons. The van der Waals surface area contributed by atoms with Crippen LogP contribution >= 0.6 is 23.1 Å². The number of carbonyl (C=O) groups excluding carboxylic acids is 1. The maximum Gasteiger partial charge on any atom is 0.305 e. The molecule has 0 saturated carbocycles. The smallest absolute Gasteiger partial charge is 0.305 e. The lowest BCUT2D eigenvalue weighted by Crippen LogP contribution is -2.41. The Morgan fingerprint density at radius 3 is 2.66 bits per heavy atom. The van der Waals surface area contributed by atoms with Gasteiger partial charge in [0.15, 0.2) is 11.6 Å². The first-order valence-electron chi connectivity index (χ1n) is 8.17. The molecule has 0 saturated heterocycles. The van der Waals surface area contributed by atoms with Crippen molar-refractivity contribution in [2.24, 2.45) is 0 Å². The number of carboxylic acid groups (broad SMARTS) is 1. The highest BCUT2D eigenvalue weighted by Gasteiger charge is 2.36. The summed E-state index contributed by atoms with van der Waals surface area (Å²) in [7, 11) is 0. The van der Waals surface area contributed by atoms with Gasteiger partial charge >= 0.3 is 5.97 Å². The molecule has 4 rings (SSSR count). The molecule has 0 aliphatic carbocycles. The van der Waals surface area contributed by atoms with E-state index in [1.165, 1.54) is 12.1 Å². The summed E-state index contributed by atoms with van der Waals surface area (Å²) in [4.78, 5) is 29.4. The molecule has 1 aromatic heterocycles. The van der Waals surface area contributed by atoms with E-state index in [4.69, 9.17) is 5.11 Å². The topological polar surface area (TPSA) is 70.5 Å². The second kappa shape index (κ2) is 7.30. The molecule has 11 heteroatoms. The van der Waals surface area contributed by atoms with E-state index in [9.17, 15) is 27.2 Å². The van der Waals surface area contributed by atoms with Crippen molar-refractivity contribution in [1.82, 2.24) is 4.98 Å². The van der Waals surface area contributed by atoms with Gasteiger partial charge in [0, 0.05) is 11.0 Å². The molecule has 0 radical (unpaired) electrons. The van der Waals surface area contributed by atoms with Gasteiger partial charge in [0.05, 0.1) is 28.6 Å². The van der Waals surface area contributed by atoms with Crippen molar-refractivity contribution in [3.8, 4) is 0 Å². The number of aliphatic carboxylic acids is 1. The van der Waals surface area contributed by atoms with E-state index >= 15 is 0 Å². The Labute approximate surface area is 169 Å². The van der Waals surface area contributed by atoms with Crippen LogP contribution in [0.25, 0.3) is 10.2 Å². The van der Waals surface area contributed by atoms with Gasteiger partial charge in [-0.15, -0.1) is 23.1 Å². The second-order valence-corrected chi connectivity index (χ2v) is 8.51. The summed E-state index contributed by atoms with van der Waals surface area (Å²) >= 11 is 1.74. The van der Waals surface area contributed by atoms with Gasteiger partial charge in [-0.05, 0) is 18.2 Å². The van der Waals surface area contributed by atoms with Crippen LogP contribution in [0.5, 0.6) is 0 Å². The summed E-state index contributed by atoms with van der Waals surface area (Å²) in [5, 5.41) is 8.20. The van der Waals surface area contributed by atoms with Crippen LogP contribution in [0.1, 0.15) is 11.4 Å². The number of benzene rings is 2. The molecule has 1 aliphatic heterocycles. The van der Waals surface area contributed by atoms with Crippen molar-refractivity contribution in [1.29, 1.82) is 0 Å². The molecule has 1 atom stereocenters. The summed E-state index contributed by atoms with van der Waals surface area (Å²) in [6.07, 6.45) is -0.453. The molecule has 29 heavy (non-hydrogen) atoms. The van der Waals surface area contributed by atoms with Gasteiger partial charge in [0.2, 0.25) is 5.91 Å². The van der Waals surface area contributed by atoms with Crippen LogP contribution in [0.2, 0.25) is 0 Å². The number of thiazole rings is 1. The van der Waals surface area contributed by atoms with Crippen molar-refractivity contribution < 1.29 is 32.3 Å². The van der Waals surface area contributed by atoms with E-state index in [2.05, 4.69) is 4.98 Å². The van der Waals surface area contributed by atoms with E-state index in [1.54, 1.807) is 0 Å². The third-order valence-corrected chi connectivity index (χ3v) is 6.54. The van der Waals surface area contributed by atoms with Gasteiger partial charge in [-0.1, -0.05) is 0 Å². The zero-order chi connectivity index (χ0) is 20.9. The molecule has 2 aromatic carbocycles. The highest BCUT2D eigenvalue weighted by Crippen LogP contribution is 2.42. The minimum atomic E-state index is -1.38. The first kappa shape index (κ1) is 19.6. The van der Waals surface area contributed by atoms with E-state index < -0.39 is 52.3 Å². The predicted octanol–water partition coefficient (Wildman–Crippen LogP) is 4.33. The van der Waals surface area contributed by atoms with E-state index in [1.807, 2.05) is 0 Å². The maximum atomic E-state index is 14.0. The van der Waals surface area contributed by atoms with Gasteiger partial charge < -0.3 is 10.0 Å². The fourth-order valence-electron chi connectivity index (χ4n) is 2.98. The number of hydrogen-bond donors (Lipinski definition) is 1. The van der Waals surface area contributed by atoms with Crippen LogP contribution in [0.4, 0.5) is 23.2 Å². The van der Waals surface area contributed by atoms with Crippen molar-refractivity contribution in [3.05, 3.63) is 52.5 Å². The Kier molecular flexibility index (Phi) is 4.95. The van der Waals surface area contributed by atoms with E-state index in [-0.39, 0.29) is 21.9 Å². The van der Waals surface area contributed by atoms with Crippen molar-refractivity contribution in [2.75, 3.05) is 4.90 Å². The quantitative estimate of drug-likeness (QED) is 0.481. The van der Waals surface area contributed by atoms with Crippen molar-refractivity contribution in [2.45, 2.75) is 23.1 Å². The molecule has 0 fully saturated rings. The fraction of sp³-hybridized carbons (Fsp3) is 0.167. The molecule has 0 bridgehead atoms. The first-order chi connectivity index (χ1) is 13.7. The van der Waals surface area contributed by atoms with Crippen molar-refractivity contribution in [3.63, 3.8) is 0 Å². The number of nitrogens with zero attached hydrogens (tertiary/aromatic N) is 2. The summed E-state index contributed by atoms with van der Waals surface area (Å²) < 4.78 is 54.9. The molecule has 2 heterocycles. The molecular weight excluding hydrogens is 432 g/mol. The Morgan fingerprint density at radius 2 is 1.93 bits per heavy atom. The van der Waals surface area contributed by atoms with Gasteiger partial charge in [0.1, 0.15) is 22.2 Å². The lowest BCUT2D eigenvalue weighted by molar-refractivity contribution is -0.138. The van der Waals surface area contributed by atoms with Gasteiger partial charge in [-0.3, -0.25) is 9.59 Å². The molecule has 5 nitrogen and oxygen atoms in total. The van der Waals surface area contributed by atoms with Gasteiger partial charge in [-0.25, -0.2) is 22.5 Å². The molecule has 0 spiro atoms. The lowest BCUT2D eigenvalue weighted by Gasteiger charge is -2.32. The molecule has 1 unspecified atom stereocenters. The monoisotopic (exact) mass is 442 g/mol. The minimum Gasteiger partial charge on any atom is -0.481 e. The highest BCUT2D eigenvalue weighted by atomic mass is 32.2. The maximum absolute atomic E-state index is 14.0. The average Bonchev–Trinajstić information content (AvgIpc) is 3.08. The summed E-state index contributed by atoms with van der Waals surface area (Å²) in [6.45, 7) is -0.272. The fourth-order valence-corrected chi connectivity index (χ4v) is 5.13. The van der Waals surface area contributed by atoms with Gasteiger partial charge in [0.25, 0.3) is 0 Å². The van der Waals surface area contributed by atoms with E-state index in [0.29, 0.717) is 11.0 Å². The number of thioether (sulfide) groups is 1. The molecule has 1 amide bonds. The number of fused-ring (bicyclic) bond motifs is 2. The number of halogens is 4. The SMILES string of the molecule is O=C(O)CC1Sc2ccc(F)cc2N(Cc2nc3c(F)c(F)cc(F)c3s2)C1=O. The normalized spacial score (nSPS) is 16.3. The van der Waals surface area contributed by atoms with Crippen LogP contribution in [0, 0.1) is 23.3 Å². The number of aromatic nitrogens is 1. The standard InChI is InChI=1S/C18H10F4N2O3S2/c19-7-1-2-11-10(3-7)24(18(27)12(28-11)5-14(25)26)6-13-23-16-15(22)8(20)4-9(21)17(16)29-13/h1-4,12H,5-6H2,(H,25,26). The largest absolute Gasteiger partial charge is 0.481 e. The van der Waals surface area contributed by atoms with Crippen LogP contribution in [-0.2, 0) is 16.1 Å². The molecular formula is C18H10F4N2O3S2. The molecule has 1 aliphatic rings.